The molecule has 0 atom stereocenters. The molecule has 4 rings (SSSR count). The lowest BCUT2D eigenvalue weighted by molar-refractivity contribution is 0.0438. The Morgan fingerprint density at radius 1 is 0.966 bits per heavy atom. The Kier molecular flexibility index (Phi) is 4.64. The van der Waals surface area contributed by atoms with Crippen molar-refractivity contribution in [2.24, 2.45) is 0 Å². The van der Waals surface area contributed by atoms with Crippen molar-refractivity contribution in [2.45, 2.75) is 6.92 Å². The van der Waals surface area contributed by atoms with Crippen LogP contribution >= 0.6 is 0 Å². The standard InChI is InChI=1S/C22H14F2N2O3/c1-13-6-4-7-14(12-13)20-25-18-11-3-2-8-15(18)21(27)26(20)29-22(28)19-16(23)9-5-10-17(19)24/h2-12H,1H3. The molecule has 0 aliphatic carbocycles. The number of halogens is 2. The first kappa shape index (κ1) is 18.5. The monoisotopic (exact) mass is 392 g/mol. The highest BCUT2D eigenvalue weighted by Gasteiger charge is 2.23. The Hall–Kier alpha value is -3.87. The molecule has 0 amide bonds. The summed E-state index contributed by atoms with van der Waals surface area (Å²) in [6.45, 7) is 1.85. The molecule has 1 heterocycles. The zero-order chi connectivity index (χ0) is 20.5. The van der Waals surface area contributed by atoms with Crippen LogP contribution in [0.15, 0.2) is 71.5 Å². The summed E-state index contributed by atoms with van der Waals surface area (Å²) >= 11 is 0. The second-order valence-electron chi connectivity index (χ2n) is 6.40. The Bertz CT molecular complexity index is 1290. The lowest BCUT2D eigenvalue weighted by atomic mass is 10.1. The first-order valence-corrected chi connectivity index (χ1v) is 8.71. The highest BCUT2D eigenvalue weighted by Crippen LogP contribution is 2.20. The van der Waals surface area contributed by atoms with Crippen molar-refractivity contribution in [3.8, 4) is 11.4 Å². The molecule has 0 aliphatic rings. The van der Waals surface area contributed by atoms with E-state index in [1.165, 1.54) is 6.07 Å². The van der Waals surface area contributed by atoms with E-state index in [-0.39, 0.29) is 11.2 Å². The molecule has 0 spiro atoms. The van der Waals surface area contributed by atoms with E-state index in [2.05, 4.69) is 4.98 Å². The van der Waals surface area contributed by atoms with Crippen LogP contribution in [-0.4, -0.2) is 15.7 Å². The van der Waals surface area contributed by atoms with E-state index in [0.717, 1.165) is 23.8 Å². The van der Waals surface area contributed by atoms with Crippen molar-refractivity contribution in [3.05, 3.63) is 99.8 Å². The highest BCUT2D eigenvalue weighted by atomic mass is 19.1. The molecule has 0 saturated heterocycles. The Balaban J connectivity index is 1.93. The van der Waals surface area contributed by atoms with E-state index in [4.69, 9.17) is 4.84 Å². The molecular weight excluding hydrogens is 378 g/mol. The Morgan fingerprint density at radius 3 is 2.38 bits per heavy atom. The van der Waals surface area contributed by atoms with Crippen molar-refractivity contribution >= 4 is 16.9 Å². The van der Waals surface area contributed by atoms with Gasteiger partial charge in [-0.25, -0.2) is 18.6 Å². The van der Waals surface area contributed by atoms with Gasteiger partial charge >= 0.3 is 5.97 Å². The van der Waals surface area contributed by atoms with Gasteiger partial charge in [0.1, 0.15) is 17.2 Å². The van der Waals surface area contributed by atoms with Crippen LogP contribution in [0.25, 0.3) is 22.3 Å². The van der Waals surface area contributed by atoms with Gasteiger partial charge in [-0.15, -0.1) is 4.73 Å². The van der Waals surface area contributed by atoms with Crippen molar-refractivity contribution in [1.82, 2.24) is 9.71 Å². The van der Waals surface area contributed by atoms with Crippen LogP contribution in [0.2, 0.25) is 0 Å². The molecular formula is C22H14F2N2O3. The van der Waals surface area contributed by atoms with Crippen LogP contribution in [0.1, 0.15) is 15.9 Å². The van der Waals surface area contributed by atoms with Crippen LogP contribution in [0.4, 0.5) is 8.78 Å². The normalized spacial score (nSPS) is 10.9. The summed E-state index contributed by atoms with van der Waals surface area (Å²) in [6, 6.07) is 16.6. The molecule has 1 aromatic heterocycles. The maximum Gasteiger partial charge on any atom is 0.369 e. The molecule has 0 unspecified atom stereocenters. The van der Waals surface area contributed by atoms with Crippen molar-refractivity contribution in [2.75, 3.05) is 0 Å². The quantitative estimate of drug-likeness (QED) is 0.530. The number of para-hydroxylation sites is 1. The summed E-state index contributed by atoms with van der Waals surface area (Å²) < 4.78 is 28.7. The predicted molar refractivity (Wildman–Crippen MR) is 103 cm³/mol. The van der Waals surface area contributed by atoms with E-state index >= 15 is 0 Å². The molecule has 0 aliphatic heterocycles. The number of rotatable bonds is 3. The van der Waals surface area contributed by atoms with Crippen molar-refractivity contribution in [1.29, 1.82) is 0 Å². The number of carbonyl (C=O) groups excluding carboxylic acids is 1. The van der Waals surface area contributed by atoms with Gasteiger partial charge < -0.3 is 4.84 Å². The highest BCUT2D eigenvalue weighted by molar-refractivity contribution is 5.90. The van der Waals surface area contributed by atoms with Gasteiger partial charge in [0.05, 0.1) is 10.9 Å². The smallest absolute Gasteiger partial charge is 0.326 e. The van der Waals surface area contributed by atoms with Crippen LogP contribution in [0.3, 0.4) is 0 Å². The first-order valence-electron chi connectivity index (χ1n) is 8.71. The third-order valence-electron chi connectivity index (χ3n) is 4.35. The second-order valence-corrected chi connectivity index (χ2v) is 6.40. The minimum absolute atomic E-state index is 0.0440. The zero-order valence-corrected chi connectivity index (χ0v) is 15.2. The van der Waals surface area contributed by atoms with E-state index in [9.17, 15) is 18.4 Å². The molecule has 4 aromatic rings. The van der Waals surface area contributed by atoms with E-state index < -0.39 is 28.7 Å². The molecule has 29 heavy (non-hydrogen) atoms. The van der Waals surface area contributed by atoms with Gasteiger partial charge in [0.15, 0.2) is 5.82 Å². The Labute approximate surface area is 163 Å². The lowest BCUT2D eigenvalue weighted by Crippen LogP contribution is -2.33. The van der Waals surface area contributed by atoms with E-state index in [0.29, 0.717) is 15.8 Å². The van der Waals surface area contributed by atoms with Crippen LogP contribution < -0.4 is 10.4 Å². The number of benzene rings is 3. The van der Waals surface area contributed by atoms with Gasteiger partial charge in [-0.1, -0.05) is 42.0 Å². The fourth-order valence-electron chi connectivity index (χ4n) is 2.99. The van der Waals surface area contributed by atoms with Crippen LogP contribution in [0.5, 0.6) is 0 Å². The summed E-state index contributed by atoms with van der Waals surface area (Å²) in [7, 11) is 0. The van der Waals surface area contributed by atoms with Gasteiger partial charge in [0.25, 0.3) is 5.56 Å². The predicted octanol–water partition coefficient (Wildman–Crippen LogP) is 3.92. The second kappa shape index (κ2) is 7.27. The lowest BCUT2D eigenvalue weighted by Gasteiger charge is -2.13. The molecule has 5 nitrogen and oxygen atoms in total. The Morgan fingerprint density at radius 2 is 1.66 bits per heavy atom. The van der Waals surface area contributed by atoms with Crippen LogP contribution in [0, 0.1) is 18.6 Å². The van der Waals surface area contributed by atoms with Gasteiger partial charge in [-0.3, -0.25) is 4.79 Å². The summed E-state index contributed by atoms with van der Waals surface area (Å²) in [6.07, 6.45) is 0. The number of aromatic nitrogens is 2. The summed E-state index contributed by atoms with van der Waals surface area (Å²) in [5, 5.41) is 0.200. The van der Waals surface area contributed by atoms with Gasteiger partial charge in [0.2, 0.25) is 0 Å². The average Bonchev–Trinajstić information content (AvgIpc) is 2.70. The van der Waals surface area contributed by atoms with Gasteiger partial charge in [0, 0.05) is 5.56 Å². The number of aryl methyl sites for hydroxylation is 1. The SMILES string of the molecule is Cc1cccc(-c2nc3ccccc3c(=O)n2OC(=O)c2c(F)cccc2F)c1. The first-order chi connectivity index (χ1) is 14.0. The fourth-order valence-corrected chi connectivity index (χ4v) is 2.99. The number of fused-ring (bicyclic) bond motifs is 1. The van der Waals surface area contributed by atoms with E-state index in [1.54, 1.807) is 36.4 Å². The molecule has 7 heteroatoms. The molecule has 0 radical (unpaired) electrons. The summed E-state index contributed by atoms with van der Waals surface area (Å²) in [5.74, 6) is -3.47. The number of carbonyl (C=O) groups is 1. The molecule has 0 saturated carbocycles. The van der Waals surface area contributed by atoms with Crippen molar-refractivity contribution < 1.29 is 18.4 Å². The number of hydrogen-bond donors (Lipinski definition) is 0. The third kappa shape index (κ3) is 3.38. The molecule has 0 fully saturated rings. The molecule has 3 aromatic carbocycles. The van der Waals surface area contributed by atoms with Gasteiger partial charge in [-0.05, 0) is 37.3 Å². The van der Waals surface area contributed by atoms with Crippen LogP contribution in [-0.2, 0) is 0 Å². The largest absolute Gasteiger partial charge is 0.369 e. The third-order valence-corrected chi connectivity index (χ3v) is 4.35. The number of nitrogens with zero attached hydrogens (tertiary/aromatic N) is 2. The van der Waals surface area contributed by atoms with E-state index in [1.807, 2.05) is 13.0 Å². The maximum absolute atomic E-state index is 14.0. The summed E-state index contributed by atoms with van der Waals surface area (Å²) in [5.41, 5.74) is 0.246. The minimum atomic E-state index is -1.34. The minimum Gasteiger partial charge on any atom is -0.326 e. The molecule has 144 valence electrons. The molecule has 0 bridgehead atoms. The summed E-state index contributed by atoms with van der Waals surface area (Å²) in [4.78, 5) is 35.1. The zero-order valence-electron chi connectivity index (χ0n) is 15.2. The maximum atomic E-state index is 14.0. The van der Waals surface area contributed by atoms with Gasteiger partial charge in [-0.2, -0.15) is 0 Å². The fraction of sp³-hybridized carbons (Fsp3) is 0.0455. The molecule has 0 N–H and O–H groups in total. The number of hydrogen-bond acceptors (Lipinski definition) is 4. The van der Waals surface area contributed by atoms with Crippen molar-refractivity contribution in [3.63, 3.8) is 0 Å². The topological polar surface area (TPSA) is 61.2 Å². The average molecular weight is 392 g/mol.